The van der Waals surface area contributed by atoms with Gasteiger partial charge in [-0.15, -0.1) is 0 Å². The molecular formula is C11H14O5. The van der Waals surface area contributed by atoms with Crippen LogP contribution in [-0.4, -0.2) is 24.5 Å². The van der Waals surface area contributed by atoms with Gasteiger partial charge in [0.15, 0.2) is 0 Å². The lowest BCUT2D eigenvalue weighted by Gasteiger charge is -2.25. The Morgan fingerprint density at radius 3 is 2.69 bits per heavy atom. The fourth-order valence-electron chi connectivity index (χ4n) is 2.44. The molecule has 3 atom stereocenters. The highest BCUT2D eigenvalue weighted by Gasteiger charge is 2.49. The summed E-state index contributed by atoms with van der Waals surface area (Å²) < 4.78 is 9.48. The second-order valence-electron chi connectivity index (χ2n) is 4.22. The summed E-state index contributed by atoms with van der Waals surface area (Å²) in [4.78, 5) is 34.1. The van der Waals surface area contributed by atoms with Gasteiger partial charge in [-0.05, 0) is 26.2 Å². The van der Waals surface area contributed by atoms with Crippen molar-refractivity contribution in [2.24, 2.45) is 17.8 Å². The molecule has 0 N–H and O–H groups in total. The van der Waals surface area contributed by atoms with Crippen molar-refractivity contribution in [3.05, 3.63) is 0 Å². The van der Waals surface area contributed by atoms with Crippen molar-refractivity contribution in [1.29, 1.82) is 0 Å². The van der Waals surface area contributed by atoms with E-state index in [2.05, 4.69) is 4.74 Å². The minimum Gasteiger partial charge on any atom is -0.466 e. The van der Waals surface area contributed by atoms with Gasteiger partial charge in [0, 0.05) is 0 Å². The van der Waals surface area contributed by atoms with Gasteiger partial charge in [0.05, 0.1) is 24.4 Å². The van der Waals surface area contributed by atoms with E-state index in [9.17, 15) is 14.4 Å². The van der Waals surface area contributed by atoms with Crippen LogP contribution in [0.25, 0.3) is 0 Å². The van der Waals surface area contributed by atoms with E-state index < -0.39 is 17.9 Å². The fourth-order valence-corrected chi connectivity index (χ4v) is 2.44. The Morgan fingerprint density at radius 2 is 2.00 bits per heavy atom. The Balaban J connectivity index is 2.02. The maximum absolute atomic E-state index is 11.5. The Morgan fingerprint density at radius 1 is 1.31 bits per heavy atom. The van der Waals surface area contributed by atoms with E-state index in [1.165, 1.54) is 0 Å². The molecule has 16 heavy (non-hydrogen) atoms. The average molecular weight is 226 g/mol. The first kappa shape index (κ1) is 11.1. The SMILES string of the molecule is CCOC(=O)C1CCC2C(=O)OC(=O)C2C1. The molecule has 5 heteroatoms. The third kappa shape index (κ3) is 1.81. The second-order valence-corrected chi connectivity index (χ2v) is 4.22. The Kier molecular flexibility index (Phi) is 2.94. The van der Waals surface area contributed by atoms with E-state index in [4.69, 9.17) is 4.74 Å². The molecule has 1 aliphatic carbocycles. The predicted octanol–water partition coefficient (Wildman–Crippen LogP) is 0.665. The van der Waals surface area contributed by atoms with E-state index in [0.717, 1.165) is 0 Å². The lowest BCUT2D eigenvalue weighted by atomic mass is 9.75. The summed E-state index contributed by atoms with van der Waals surface area (Å²) in [5.41, 5.74) is 0. The normalized spacial score (nSPS) is 33.2. The number of rotatable bonds is 2. The van der Waals surface area contributed by atoms with E-state index in [1.807, 2.05) is 0 Å². The van der Waals surface area contributed by atoms with Crippen LogP contribution < -0.4 is 0 Å². The van der Waals surface area contributed by atoms with Crippen LogP contribution in [-0.2, 0) is 23.9 Å². The van der Waals surface area contributed by atoms with Crippen LogP contribution in [0.2, 0.25) is 0 Å². The molecule has 1 saturated carbocycles. The van der Waals surface area contributed by atoms with Crippen LogP contribution >= 0.6 is 0 Å². The maximum atomic E-state index is 11.5. The Bertz CT molecular complexity index is 335. The fraction of sp³-hybridized carbons (Fsp3) is 0.727. The van der Waals surface area contributed by atoms with Gasteiger partial charge >= 0.3 is 17.9 Å². The van der Waals surface area contributed by atoms with Crippen molar-refractivity contribution in [3.63, 3.8) is 0 Å². The second kappa shape index (κ2) is 4.23. The van der Waals surface area contributed by atoms with Gasteiger partial charge in [-0.25, -0.2) is 0 Å². The van der Waals surface area contributed by atoms with Crippen LogP contribution in [0, 0.1) is 17.8 Å². The number of hydrogen-bond donors (Lipinski definition) is 0. The standard InChI is InChI=1S/C11H14O5/c1-2-15-9(12)6-3-4-7-8(5-6)11(14)16-10(7)13/h6-8H,2-5H2,1H3. The highest BCUT2D eigenvalue weighted by atomic mass is 16.6. The van der Waals surface area contributed by atoms with Crippen LogP contribution in [0.4, 0.5) is 0 Å². The molecule has 0 bridgehead atoms. The van der Waals surface area contributed by atoms with Crippen LogP contribution in [0.5, 0.6) is 0 Å². The van der Waals surface area contributed by atoms with E-state index >= 15 is 0 Å². The summed E-state index contributed by atoms with van der Waals surface area (Å²) in [5.74, 6) is -2.22. The number of fused-ring (bicyclic) bond motifs is 1. The molecule has 1 aliphatic heterocycles. The Hall–Kier alpha value is -1.39. The van der Waals surface area contributed by atoms with E-state index in [1.54, 1.807) is 6.92 Å². The summed E-state index contributed by atoms with van der Waals surface area (Å²) in [7, 11) is 0. The van der Waals surface area contributed by atoms with E-state index in [-0.39, 0.29) is 17.8 Å². The first-order valence-corrected chi connectivity index (χ1v) is 5.55. The molecule has 2 rings (SSSR count). The summed E-state index contributed by atoms with van der Waals surface area (Å²) in [6.07, 6.45) is 1.52. The molecule has 88 valence electrons. The number of ether oxygens (including phenoxy) is 2. The third-order valence-electron chi connectivity index (χ3n) is 3.28. The molecular weight excluding hydrogens is 212 g/mol. The highest BCUT2D eigenvalue weighted by molar-refractivity contribution is 5.97. The lowest BCUT2D eigenvalue weighted by Crippen LogP contribution is -2.31. The highest BCUT2D eigenvalue weighted by Crippen LogP contribution is 2.39. The zero-order valence-electron chi connectivity index (χ0n) is 9.10. The molecule has 5 nitrogen and oxygen atoms in total. The zero-order chi connectivity index (χ0) is 11.7. The molecule has 3 unspecified atom stereocenters. The van der Waals surface area contributed by atoms with Crippen molar-refractivity contribution < 1.29 is 23.9 Å². The first-order valence-electron chi connectivity index (χ1n) is 5.55. The lowest BCUT2D eigenvalue weighted by molar-refractivity contribution is -0.153. The van der Waals surface area contributed by atoms with Crippen molar-refractivity contribution in [2.45, 2.75) is 26.2 Å². The van der Waals surface area contributed by atoms with Gasteiger partial charge in [-0.1, -0.05) is 0 Å². The smallest absolute Gasteiger partial charge is 0.317 e. The van der Waals surface area contributed by atoms with Crippen LogP contribution in [0.15, 0.2) is 0 Å². The van der Waals surface area contributed by atoms with Crippen molar-refractivity contribution >= 4 is 17.9 Å². The van der Waals surface area contributed by atoms with Crippen molar-refractivity contribution in [1.82, 2.24) is 0 Å². The number of carbonyl (C=O) groups is 3. The van der Waals surface area contributed by atoms with Gasteiger partial charge in [0.1, 0.15) is 0 Å². The largest absolute Gasteiger partial charge is 0.466 e. The number of esters is 3. The number of hydrogen-bond acceptors (Lipinski definition) is 5. The number of carbonyl (C=O) groups excluding carboxylic acids is 3. The van der Waals surface area contributed by atoms with Gasteiger partial charge in [-0.2, -0.15) is 0 Å². The molecule has 2 aliphatic rings. The monoisotopic (exact) mass is 226 g/mol. The van der Waals surface area contributed by atoms with Crippen molar-refractivity contribution in [2.75, 3.05) is 6.61 Å². The Labute approximate surface area is 93.1 Å². The molecule has 0 aromatic rings. The maximum Gasteiger partial charge on any atom is 0.317 e. The molecule has 0 amide bonds. The zero-order valence-corrected chi connectivity index (χ0v) is 9.10. The summed E-state index contributed by atoms with van der Waals surface area (Å²) in [6, 6.07) is 0. The van der Waals surface area contributed by atoms with Crippen LogP contribution in [0.1, 0.15) is 26.2 Å². The van der Waals surface area contributed by atoms with E-state index in [0.29, 0.717) is 25.9 Å². The quantitative estimate of drug-likeness (QED) is 0.511. The molecule has 0 aromatic carbocycles. The molecule has 1 saturated heterocycles. The number of cyclic esters (lactones) is 2. The molecule has 2 fully saturated rings. The summed E-state index contributed by atoms with van der Waals surface area (Å²) in [5, 5.41) is 0. The van der Waals surface area contributed by atoms with Gasteiger partial charge < -0.3 is 9.47 Å². The minimum absolute atomic E-state index is 0.264. The van der Waals surface area contributed by atoms with Gasteiger partial charge in [0.25, 0.3) is 0 Å². The average Bonchev–Trinajstić information content (AvgIpc) is 2.55. The summed E-state index contributed by atoms with van der Waals surface area (Å²) >= 11 is 0. The predicted molar refractivity (Wildman–Crippen MR) is 52.1 cm³/mol. The molecule has 0 radical (unpaired) electrons. The summed E-state index contributed by atoms with van der Waals surface area (Å²) in [6.45, 7) is 2.09. The van der Waals surface area contributed by atoms with Crippen molar-refractivity contribution in [3.8, 4) is 0 Å². The minimum atomic E-state index is -0.482. The van der Waals surface area contributed by atoms with Gasteiger partial charge in [-0.3, -0.25) is 14.4 Å². The third-order valence-corrected chi connectivity index (χ3v) is 3.28. The topological polar surface area (TPSA) is 69.7 Å². The van der Waals surface area contributed by atoms with Gasteiger partial charge in [0.2, 0.25) is 0 Å². The first-order chi connectivity index (χ1) is 7.63. The molecule has 0 aromatic heterocycles. The van der Waals surface area contributed by atoms with Crippen LogP contribution in [0.3, 0.4) is 0 Å². The molecule has 1 heterocycles. The molecule has 0 spiro atoms.